The molecule has 1 aromatic carbocycles. The van der Waals surface area contributed by atoms with Crippen molar-refractivity contribution >= 4 is 15.9 Å². The van der Waals surface area contributed by atoms with Crippen LogP contribution in [0.4, 0.5) is 0 Å². The van der Waals surface area contributed by atoms with E-state index in [4.69, 9.17) is 4.74 Å². The van der Waals surface area contributed by atoms with Crippen LogP contribution in [-0.2, 0) is 0 Å². The Morgan fingerprint density at radius 2 is 1.91 bits per heavy atom. The zero-order chi connectivity index (χ0) is 8.10. The first-order chi connectivity index (χ1) is 5.36. The summed E-state index contributed by atoms with van der Waals surface area (Å²) >= 11 is 3.03. The molecule has 0 saturated carbocycles. The Morgan fingerprint density at radius 3 is 2.36 bits per heavy atom. The Balaban J connectivity index is 2.88. The first-order valence-corrected chi connectivity index (χ1v) is 3.92. The van der Waals surface area contributed by atoms with Gasteiger partial charge in [0.2, 0.25) is 0 Å². The lowest BCUT2D eigenvalue weighted by atomic mass is 10.2. The molecule has 56 valence electrons. The molecule has 0 aliphatic heterocycles. The van der Waals surface area contributed by atoms with E-state index in [1.807, 2.05) is 24.3 Å². The molecule has 0 heterocycles. The van der Waals surface area contributed by atoms with Crippen molar-refractivity contribution in [2.75, 3.05) is 7.11 Å². The molecule has 0 aromatic heterocycles. The van der Waals surface area contributed by atoms with E-state index in [2.05, 4.69) is 26.7 Å². The van der Waals surface area contributed by atoms with Crippen LogP contribution in [0.1, 0.15) is 5.56 Å². The van der Waals surface area contributed by atoms with E-state index in [1.54, 1.807) is 7.11 Å². The van der Waals surface area contributed by atoms with E-state index in [9.17, 15) is 0 Å². The van der Waals surface area contributed by atoms with Gasteiger partial charge in [-0.15, -0.1) is 0 Å². The van der Waals surface area contributed by atoms with Crippen molar-refractivity contribution in [3.8, 4) is 16.5 Å². The third-order valence-electron chi connectivity index (χ3n) is 1.28. The molecule has 0 radical (unpaired) electrons. The summed E-state index contributed by atoms with van der Waals surface area (Å²) in [6, 6.07) is 7.58. The van der Waals surface area contributed by atoms with Crippen molar-refractivity contribution in [3.63, 3.8) is 0 Å². The zero-order valence-corrected chi connectivity index (χ0v) is 7.68. The average molecular weight is 207 g/mol. The van der Waals surface area contributed by atoms with Crippen molar-refractivity contribution in [1.82, 2.24) is 0 Å². The van der Waals surface area contributed by atoms with Crippen LogP contribution in [0.15, 0.2) is 24.3 Å². The SMILES string of the molecule is COc1ccc(C#C[76Br])cc1. The van der Waals surface area contributed by atoms with Crippen molar-refractivity contribution < 1.29 is 4.74 Å². The molecule has 1 rings (SSSR count). The smallest absolute Gasteiger partial charge is 0.118 e. The highest BCUT2D eigenvalue weighted by Gasteiger charge is 1.88. The minimum absolute atomic E-state index is 0.852. The first kappa shape index (κ1) is 8.16. The summed E-state index contributed by atoms with van der Waals surface area (Å²) in [4.78, 5) is 2.64. The van der Waals surface area contributed by atoms with Crippen LogP contribution >= 0.6 is 15.9 Å². The molecule has 0 unspecified atom stereocenters. The van der Waals surface area contributed by atoms with Gasteiger partial charge < -0.3 is 4.74 Å². The quantitative estimate of drug-likeness (QED) is 0.642. The Kier molecular flexibility index (Phi) is 3.00. The molecule has 0 fully saturated rings. The highest BCUT2D eigenvalue weighted by molar-refractivity contribution is 9.12. The van der Waals surface area contributed by atoms with Crippen LogP contribution in [0.25, 0.3) is 0 Å². The average Bonchev–Trinajstić information content (AvgIpc) is 2.07. The molecule has 0 bridgehead atoms. The number of benzene rings is 1. The zero-order valence-electron chi connectivity index (χ0n) is 6.10. The van der Waals surface area contributed by atoms with Gasteiger partial charge in [0.15, 0.2) is 0 Å². The molecular formula is C9H7BrO. The number of hydrogen-bond acceptors (Lipinski definition) is 1. The summed E-state index contributed by atoms with van der Waals surface area (Å²) in [5.74, 6) is 3.72. The molecule has 1 aromatic rings. The number of hydrogen-bond donors (Lipinski definition) is 0. The van der Waals surface area contributed by atoms with E-state index in [0.717, 1.165) is 11.3 Å². The summed E-state index contributed by atoms with van der Waals surface area (Å²) in [6.45, 7) is 0. The van der Waals surface area contributed by atoms with Gasteiger partial charge in [-0.3, -0.25) is 0 Å². The molecule has 11 heavy (non-hydrogen) atoms. The highest BCUT2D eigenvalue weighted by atomic mass is 75.9. The Morgan fingerprint density at radius 1 is 1.27 bits per heavy atom. The monoisotopic (exact) mass is 207 g/mol. The normalized spacial score (nSPS) is 8.18. The van der Waals surface area contributed by atoms with Gasteiger partial charge in [-0.1, -0.05) is 5.92 Å². The molecular weight excluding hydrogens is 200 g/mol. The van der Waals surface area contributed by atoms with Gasteiger partial charge in [-0.05, 0) is 29.1 Å². The highest BCUT2D eigenvalue weighted by Crippen LogP contribution is 2.10. The van der Waals surface area contributed by atoms with Crippen LogP contribution in [-0.4, -0.2) is 7.11 Å². The minimum atomic E-state index is 0.852. The Hall–Kier alpha value is -0.940. The standard InChI is InChI=1S/C9H7BrO/c1-11-9-4-2-8(3-5-9)6-7-10/h2-5H,1H3/i10-4. The van der Waals surface area contributed by atoms with Crippen LogP contribution in [0.5, 0.6) is 5.75 Å². The number of ether oxygens (including phenoxy) is 1. The van der Waals surface area contributed by atoms with Gasteiger partial charge in [0.05, 0.1) is 7.11 Å². The van der Waals surface area contributed by atoms with Gasteiger partial charge in [-0.25, -0.2) is 0 Å². The van der Waals surface area contributed by atoms with Gasteiger partial charge in [0, 0.05) is 21.5 Å². The van der Waals surface area contributed by atoms with Crippen LogP contribution in [0.2, 0.25) is 0 Å². The Bertz CT molecular complexity index is 279. The maximum atomic E-state index is 4.99. The lowest BCUT2D eigenvalue weighted by Crippen LogP contribution is -1.81. The maximum absolute atomic E-state index is 4.99. The van der Waals surface area contributed by atoms with E-state index >= 15 is 0 Å². The second kappa shape index (κ2) is 4.05. The molecule has 0 N–H and O–H groups in total. The summed E-state index contributed by atoms with van der Waals surface area (Å²) in [5.41, 5.74) is 0.975. The molecule has 0 spiro atoms. The first-order valence-electron chi connectivity index (χ1n) is 3.12. The summed E-state index contributed by atoms with van der Waals surface area (Å²) in [5, 5.41) is 0. The molecule has 1 nitrogen and oxygen atoms in total. The van der Waals surface area contributed by atoms with E-state index in [-0.39, 0.29) is 0 Å². The summed E-state index contributed by atoms with van der Waals surface area (Å²) < 4.78 is 4.99. The molecule has 0 saturated heterocycles. The van der Waals surface area contributed by atoms with Crippen LogP contribution in [0.3, 0.4) is 0 Å². The fourth-order valence-electron chi connectivity index (χ4n) is 0.729. The molecule has 0 aliphatic rings. The largest absolute Gasteiger partial charge is 0.497 e. The van der Waals surface area contributed by atoms with Gasteiger partial charge >= 0.3 is 0 Å². The Labute approximate surface area is 74.5 Å². The maximum Gasteiger partial charge on any atom is 0.118 e. The van der Waals surface area contributed by atoms with Crippen LogP contribution in [0, 0.1) is 10.8 Å². The second-order valence-corrected chi connectivity index (χ2v) is 2.34. The van der Waals surface area contributed by atoms with Gasteiger partial charge in [0.25, 0.3) is 0 Å². The summed E-state index contributed by atoms with van der Waals surface area (Å²) in [6.07, 6.45) is 0. The van der Waals surface area contributed by atoms with Gasteiger partial charge in [0.1, 0.15) is 5.75 Å². The molecule has 0 aliphatic carbocycles. The fraction of sp³-hybridized carbons (Fsp3) is 0.111. The predicted octanol–water partition coefficient (Wildman–Crippen LogP) is 2.40. The van der Waals surface area contributed by atoms with E-state index in [1.165, 1.54) is 0 Å². The fourth-order valence-corrected chi connectivity index (χ4v) is 0.958. The van der Waals surface area contributed by atoms with E-state index < -0.39 is 0 Å². The van der Waals surface area contributed by atoms with Crippen molar-refractivity contribution in [1.29, 1.82) is 0 Å². The second-order valence-electron chi connectivity index (χ2n) is 1.95. The van der Waals surface area contributed by atoms with Crippen LogP contribution < -0.4 is 4.74 Å². The number of methoxy groups -OCH3 is 1. The van der Waals surface area contributed by atoms with Crippen molar-refractivity contribution in [2.24, 2.45) is 0 Å². The molecule has 2 heteroatoms. The topological polar surface area (TPSA) is 9.23 Å². The minimum Gasteiger partial charge on any atom is -0.497 e. The molecule has 0 amide bonds. The van der Waals surface area contributed by atoms with Gasteiger partial charge in [-0.2, -0.15) is 0 Å². The van der Waals surface area contributed by atoms with Crippen molar-refractivity contribution in [2.45, 2.75) is 0 Å². The lowest BCUT2D eigenvalue weighted by Gasteiger charge is -1.96. The number of rotatable bonds is 1. The van der Waals surface area contributed by atoms with E-state index in [0.29, 0.717) is 0 Å². The summed E-state index contributed by atoms with van der Waals surface area (Å²) in [7, 11) is 1.64. The third-order valence-corrected chi connectivity index (χ3v) is 1.48. The molecule has 0 atom stereocenters. The predicted molar refractivity (Wildman–Crippen MR) is 48.8 cm³/mol. The van der Waals surface area contributed by atoms with Crippen molar-refractivity contribution in [3.05, 3.63) is 29.8 Å². The third kappa shape index (κ3) is 2.28. The lowest BCUT2D eigenvalue weighted by molar-refractivity contribution is 0.415. The number of halogens is 1.